The largest absolute Gasteiger partial charge is 0.490 e. The van der Waals surface area contributed by atoms with Crippen LogP contribution in [0, 0.1) is 0 Å². The summed E-state index contributed by atoms with van der Waals surface area (Å²) in [5.41, 5.74) is 0.689. The van der Waals surface area contributed by atoms with Gasteiger partial charge in [0, 0.05) is 5.56 Å². The van der Waals surface area contributed by atoms with Crippen LogP contribution >= 0.6 is 0 Å². The van der Waals surface area contributed by atoms with Crippen LogP contribution in [-0.2, 0) is 0 Å². The van der Waals surface area contributed by atoms with Crippen LogP contribution in [0.15, 0.2) is 24.3 Å². The first-order valence-electron chi connectivity index (χ1n) is 6.02. The Balaban J connectivity index is 2.52. The topological polar surface area (TPSA) is 26.3 Å². The molecule has 0 saturated heterocycles. The lowest BCUT2D eigenvalue weighted by Gasteiger charge is -2.17. The van der Waals surface area contributed by atoms with Crippen molar-refractivity contribution in [3.05, 3.63) is 29.8 Å². The van der Waals surface area contributed by atoms with Crippen molar-refractivity contribution in [3.63, 3.8) is 0 Å². The van der Waals surface area contributed by atoms with Gasteiger partial charge in [0.25, 0.3) is 0 Å². The first kappa shape index (κ1) is 12.8. The summed E-state index contributed by atoms with van der Waals surface area (Å²) in [4.78, 5) is 10.5. The molecule has 0 fully saturated rings. The van der Waals surface area contributed by atoms with Crippen molar-refractivity contribution >= 4 is 6.29 Å². The van der Waals surface area contributed by atoms with Crippen LogP contribution in [0.1, 0.15) is 49.9 Å². The smallest absolute Gasteiger partial charge is 0.150 e. The minimum Gasteiger partial charge on any atom is -0.490 e. The summed E-state index contributed by atoms with van der Waals surface area (Å²) in [6.45, 7) is 4.33. The molecule has 0 spiro atoms. The van der Waals surface area contributed by atoms with E-state index in [1.165, 1.54) is 12.8 Å². The average Bonchev–Trinajstić information content (AvgIpc) is 2.35. The highest BCUT2D eigenvalue weighted by Gasteiger charge is 2.07. The van der Waals surface area contributed by atoms with Gasteiger partial charge >= 0.3 is 0 Å². The van der Waals surface area contributed by atoms with Crippen LogP contribution in [-0.4, -0.2) is 12.4 Å². The molecule has 0 heterocycles. The van der Waals surface area contributed by atoms with Gasteiger partial charge in [0.2, 0.25) is 0 Å². The predicted molar refractivity (Wildman–Crippen MR) is 66.1 cm³/mol. The van der Waals surface area contributed by atoms with Crippen molar-refractivity contribution < 1.29 is 9.53 Å². The summed E-state index contributed by atoms with van der Waals surface area (Å²) in [5.74, 6) is 0.855. The lowest BCUT2D eigenvalue weighted by Crippen LogP contribution is -2.14. The number of rotatable bonds is 7. The molecule has 1 atom stereocenters. The second kappa shape index (κ2) is 7.04. The second-order valence-electron chi connectivity index (χ2n) is 3.98. The van der Waals surface area contributed by atoms with E-state index >= 15 is 0 Å². The molecule has 1 unspecified atom stereocenters. The summed E-state index contributed by atoms with van der Waals surface area (Å²) in [7, 11) is 0. The summed E-state index contributed by atoms with van der Waals surface area (Å²) in [6, 6.07) is 7.29. The molecule has 1 rings (SSSR count). The highest BCUT2D eigenvalue weighted by molar-refractivity contribution is 5.74. The Morgan fingerprint density at radius 1 is 1.25 bits per heavy atom. The molecule has 0 bridgehead atoms. The van der Waals surface area contributed by atoms with E-state index in [4.69, 9.17) is 4.74 Å². The van der Waals surface area contributed by atoms with Gasteiger partial charge in [-0.25, -0.2) is 0 Å². The Morgan fingerprint density at radius 3 is 2.44 bits per heavy atom. The number of carbonyl (C=O) groups is 1. The van der Waals surface area contributed by atoms with Crippen molar-refractivity contribution in [3.8, 4) is 5.75 Å². The van der Waals surface area contributed by atoms with E-state index < -0.39 is 0 Å². The van der Waals surface area contributed by atoms with Crippen molar-refractivity contribution in [1.29, 1.82) is 0 Å². The fourth-order valence-electron chi connectivity index (χ4n) is 1.60. The predicted octanol–water partition coefficient (Wildman–Crippen LogP) is 3.85. The number of hydrogen-bond donors (Lipinski definition) is 0. The molecular weight excluding hydrogens is 200 g/mol. The molecule has 0 aliphatic rings. The summed E-state index contributed by atoms with van der Waals surface area (Å²) >= 11 is 0. The van der Waals surface area contributed by atoms with Crippen molar-refractivity contribution in [2.24, 2.45) is 0 Å². The number of benzene rings is 1. The summed E-state index contributed by atoms with van der Waals surface area (Å²) < 4.78 is 5.85. The highest BCUT2D eigenvalue weighted by atomic mass is 16.5. The Morgan fingerprint density at radius 2 is 1.94 bits per heavy atom. The van der Waals surface area contributed by atoms with Gasteiger partial charge in [0.1, 0.15) is 12.0 Å². The van der Waals surface area contributed by atoms with E-state index in [-0.39, 0.29) is 0 Å². The van der Waals surface area contributed by atoms with E-state index in [1.54, 1.807) is 12.1 Å². The van der Waals surface area contributed by atoms with Crippen LogP contribution in [0.2, 0.25) is 0 Å². The molecule has 0 amide bonds. The van der Waals surface area contributed by atoms with Gasteiger partial charge in [-0.05, 0) is 37.1 Å². The molecule has 0 radical (unpaired) electrons. The van der Waals surface area contributed by atoms with Gasteiger partial charge in [0.15, 0.2) is 0 Å². The fourth-order valence-corrected chi connectivity index (χ4v) is 1.60. The zero-order valence-corrected chi connectivity index (χ0v) is 10.1. The molecule has 2 nitrogen and oxygen atoms in total. The Bertz CT molecular complexity index is 303. The number of carbonyl (C=O) groups excluding carboxylic acids is 1. The van der Waals surface area contributed by atoms with E-state index in [2.05, 4.69) is 13.8 Å². The number of hydrogen-bond acceptors (Lipinski definition) is 2. The maximum absolute atomic E-state index is 10.5. The molecule has 0 aromatic heterocycles. The summed E-state index contributed by atoms with van der Waals surface area (Å²) in [5, 5.41) is 0. The first-order chi connectivity index (χ1) is 7.80. The van der Waals surface area contributed by atoms with Gasteiger partial charge in [0.05, 0.1) is 6.10 Å². The van der Waals surface area contributed by atoms with Gasteiger partial charge in [-0.2, -0.15) is 0 Å². The minimum atomic E-state index is 0.294. The normalized spacial score (nSPS) is 12.1. The minimum absolute atomic E-state index is 0.294. The number of ether oxygens (including phenoxy) is 1. The van der Waals surface area contributed by atoms with Gasteiger partial charge in [-0.3, -0.25) is 4.79 Å². The van der Waals surface area contributed by atoms with Crippen LogP contribution in [0.5, 0.6) is 5.75 Å². The molecule has 0 N–H and O–H groups in total. The van der Waals surface area contributed by atoms with E-state index in [0.717, 1.165) is 24.9 Å². The van der Waals surface area contributed by atoms with Crippen LogP contribution < -0.4 is 4.74 Å². The monoisotopic (exact) mass is 220 g/mol. The molecule has 1 aromatic rings. The van der Waals surface area contributed by atoms with Crippen LogP contribution in [0.25, 0.3) is 0 Å². The maximum Gasteiger partial charge on any atom is 0.150 e. The molecule has 88 valence electrons. The third-order valence-corrected chi connectivity index (χ3v) is 2.65. The second-order valence-corrected chi connectivity index (χ2v) is 3.98. The van der Waals surface area contributed by atoms with Gasteiger partial charge in [-0.15, -0.1) is 0 Å². The first-order valence-corrected chi connectivity index (χ1v) is 6.02. The van der Waals surface area contributed by atoms with E-state index in [1.807, 2.05) is 12.1 Å². The van der Waals surface area contributed by atoms with E-state index in [0.29, 0.717) is 11.7 Å². The zero-order valence-electron chi connectivity index (χ0n) is 10.1. The Kier molecular flexibility index (Phi) is 5.62. The lowest BCUT2D eigenvalue weighted by molar-refractivity contribution is 0.112. The van der Waals surface area contributed by atoms with Crippen LogP contribution in [0.4, 0.5) is 0 Å². The van der Waals surface area contributed by atoms with Crippen LogP contribution in [0.3, 0.4) is 0 Å². The van der Waals surface area contributed by atoms with E-state index in [9.17, 15) is 4.79 Å². The third kappa shape index (κ3) is 4.05. The average molecular weight is 220 g/mol. The molecule has 0 aliphatic carbocycles. The standard InChI is InChI=1S/C14H20O2/c1-3-5-6-13(4-2)16-14-9-7-12(11-15)8-10-14/h7-11,13H,3-6H2,1-2H3. The third-order valence-electron chi connectivity index (χ3n) is 2.65. The highest BCUT2D eigenvalue weighted by Crippen LogP contribution is 2.17. The molecule has 0 aliphatic heterocycles. The van der Waals surface area contributed by atoms with Crippen molar-refractivity contribution in [2.45, 2.75) is 45.6 Å². The number of aldehydes is 1. The zero-order chi connectivity index (χ0) is 11.8. The van der Waals surface area contributed by atoms with Gasteiger partial charge < -0.3 is 4.74 Å². The SMILES string of the molecule is CCCCC(CC)Oc1ccc(C=O)cc1. The molecule has 1 aromatic carbocycles. The molecule has 2 heteroatoms. The van der Waals surface area contributed by atoms with Crippen molar-refractivity contribution in [1.82, 2.24) is 0 Å². The van der Waals surface area contributed by atoms with Crippen molar-refractivity contribution in [2.75, 3.05) is 0 Å². The molecule has 0 saturated carbocycles. The number of unbranched alkanes of at least 4 members (excludes halogenated alkanes) is 1. The fraction of sp³-hybridized carbons (Fsp3) is 0.500. The lowest BCUT2D eigenvalue weighted by atomic mass is 10.1. The Labute approximate surface area is 97.6 Å². The molecule has 16 heavy (non-hydrogen) atoms. The maximum atomic E-state index is 10.5. The van der Waals surface area contributed by atoms with Gasteiger partial charge in [-0.1, -0.05) is 26.7 Å². The molecular formula is C14H20O2. The summed E-state index contributed by atoms with van der Waals surface area (Å²) in [6.07, 6.45) is 5.66. The Hall–Kier alpha value is -1.31. The quantitative estimate of drug-likeness (QED) is 0.652.